The molecule has 0 atom stereocenters. The molecule has 0 aliphatic carbocycles. The van der Waals surface area contributed by atoms with Crippen molar-refractivity contribution in [1.29, 1.82) is 0 Å². The van der Waals surface area contributed by atoms with Gasteiger partial charge in [-0.25, -0.2) is 4.68 Å². The maximum absolute atomic E-state index is 5.95. The fraction of sp³-hybridized carbons (Fsp3) is 0.357. The van der Waals surface area contributed by atoms with Gasteiger partial charge in [-0.15, -0.1) is 11.8 Å². The number of hydrogen-bond acceptors (Lipinski definition) is 3. The first-order chi connectivity index (χ1) is 9.10. The Balaban J connectivity index is 2.61. The zero-order chi connectivity index (χ0) is 14.0. The van der Waals surface area contributed by atoms with Crippen molar-refractivity contribution in [3.8, 4) is 5.69 Å². The first-order valence-electron chi connectivity index (χ1n) is 6.27. The Kier molecular flexibility index (Phi) is 4.71. The van der Waals surface area contributed by atoms with Crippen LogP contribution in [0.4, 0.5) is 0 Å². The molecular formula is C14H18BrN3S. The number of aryl methyl sites for hydroxylation is 1. The SMILES string of the molecule is CCSc1cccc(-n2nc(C)c(Br)c2C)c1CN. The van der Waals surface area contributed by atoms with Crippen molar-refractivity contribution in [2.45, 2.75) is 32.2 Å². The van der Waals surface area contributed by atoms with Crippen molar-refractivity contribution >= 4 is 27.7 Å². The van der Waals surface area contributed by atoms with E-state index >= 15 is 0 Å². The summed E-state index contributed by atoms with van der Waals surface area (Å²) in [6, 6.07) is 6.27. The molecule has 0 bridgehead atoms. The van der Waals surface area contributed by atoms with E-state index in [0.29, 0.717) is 6.54 Å². The van der Waals surface area contributed by atoms with Crippen LogP contribution in [0.1, 0.15) is 23.9 Å². The molecule has 2 N–H and O–H groups in total. The molecule has 0 aliphatic rings. The molecule has 102 valence electrons. The third-order valence-corrected chi connectivity index (χ3v) is 5.17. The van der Waals surface area contributed by atoms with E-state index in [1.165, 1.54) is 4.90 Å². The highest BCUT2D eigenvalue weighted by atomic mass is 79.9. The average Bonchev–Trinajstić information content (AvgIpc) is 2.66. The van der Waals surface area contributed by atoms with Crippen LogP contribution in [-0.4, -0.2) is 15.5 Å². The Hall–Kier alpha value is -0.780. The minimum Gasteiger partial charge on any atom is -0.326 e. The quantitative estimate of drug-likeness (QED) is 0.861. The monoisotopic (exact) mass is 339 g/mol. The van der Waals surface area contributed by atoms with E-state index in [1.54, 1.807) is 0 Å². The minimum atomic E-state index is 0.522. The van der Waals surface area contributed by atoms with Crippen LogP contribution in [0.5, 0.6) is 0 Å². The van der Waals surface area contributed by atoms with Gasteiger partial charge >= 0.3 is 0 Å². The second-order valence-electron chi connectivity index (χ2n) is 4.29. The van der Waals surface area contributed by atoms with Crippen LogP contribution in [0.15, 0.2) is 27.6 Å². The summed E-state index contributed by atoms with van der Waals surface area (Å²) in [5.41, 5.74) is 10.3. The first kappa shape index (κ1) is 14.6. The standard InChI is InChI=1S/C14H18BrN3S/c1-4-19-13-7-5-6-12(11(13)8-16)18-10(3)14(15)9(2)17-18/h5-7H,4,8,16H2,1-3H3. The van der Waals surface area contributed by atoms with Crippen LogP contribution in [0.3, 0.4) is 0 Å². The van der Waals surface area contributed by atoms with E-state index < -0.39 is 0 Å². The molecule has 0 fully saturated rings. The predicted octanol–water partition coefficient (Wildman–Crippen LogP) is 3.82. The third-order valence-electron chi connectivity index (χ3n) is 3.04. The number of benzene rings is 1. The lowest BCUT2D eigenvalue weighted by Gasteiger charge is -2.13. The molecule has 0 saturated heterocycles. The summed E-state index contributed by atoms with van der Waals surface area (Å²) in [6.45, 7) is 6.73. The minimum absolute atomic E-state index is 0.522. The molecule has 0 amide bonds. The first-order valence-corrected chi connectivity index (χ1v) is 8.04. The van der Waals surface area contributed by atoms with Gasteiger partial charge in [-0.2, -0.15) is 5.10 Å². The summed E-state index contributed by atoms with van der Waals surface area (Å²) < 4.78 is 3.03. The number of halogens is 1. The van der Waals surface area contributed by atoms with Crippen molar-refractivity contribution in [3.05, 3.63) is 39.6 Å². The van der Waals surface area contributed by atoms with E-state index in [2.05, 4.69) is 53.1 Å². The summed E-state index contributed by atoms with van der Waals surface area (Å²) in [5.74, 6) is 1.04. The van der Waals surface area contributed by atoms with Crippen molar-refractivity contribution < 1.29 is 0 Å². The molecule has 0 saturated carbocycles. The zero-order valence-electron chi connectivity index (χ0n) is 11.4. The fourth-order valence-electron chi connectivity index (χ4n) is 2.11. The molecule has 0 spiro atoms. The van der Waals surface area contributed by atoms with E-state index in [-0.39, 0.29) is 0 Å². The summed E-state index contributed by atoms with van der Waals surface area (Å²) in [7, 11) is 0. The van der Waals surface area contributed by atoms with Gasteiger partial charge in [0.15, 0.2) is 0 Å². The Morgan fingerprint density at radius 3 is 2.63 bits per heavy atom. The zero-order valence-corrected chi connectivity index (χ0v) is 13.8. The number of aromatic nitrogens is 2. The largest absolute Gasteiger partial charge is 0.326 e. The number of nitrogens with two attached hydrogens (primary N) is 1. The second kappa shape index (κ2) is 6.11. The normalized spacial score (nSPS) is 11.0. The molecule has 0 unspecified atom stereocenters. The van der Waals surface area contributed by atoms with Gasteiger partial charge in [0.2, 0.25) is 0 Å². The van der Waals surface area contributed by atoms with Gasteiger partial charge in [-0.05, 0) is 47.7 Å². The van der Waals surface area contributed by atoms with E-state index in [1.807, 2.05) is 23.4 Å². The Labute approximate surface area is 126 Å². The van der Waals surface area contributed by atoms with Crippen LogP contribution in [0, 0.1) is 13.8 Å². The van der Waals surface area contributed by atoms with Crippen molar-refractivity contribution in [2.75, 3.05) is 5.75 Å². The fourth-order valence-corrected chi connectivity index (χ4v) is 3.20. The smallest absolute Gasteiger partial charge is 0.0743 e. The maximum atomic E-state index is 5.95. The highest BCUT2D eigenvalue weighted by Gasteiger charge is 2.14. The maximum Gasteiger partial charge on any atom is 0.0743 e. The molecule has 19 heavy (non-hydrogen) atoms. The number of rotatable bonds is 4. The molecule has 2 aromatic rings. The molecule has 3 nitrogen and oxygen atoms in total. The second-order valence-corrected chi connectivity index (χ2v) is 6.39. The summed E-state index contributed by atoms with van der Waals surface area (Å²) in [6.07, 6.45) is 0. The highest BCUT2D eigenvalue weighted by Crippen LogP contribution is 2.30. The van der Waals surface area contributed by atoms with E-state index in [0.717, 1.165) is 32.9 Å². The lowest BCUT2D eigenvalue weighted by Crippen LogP contribution is -2.08. The van der Waals surface area contributed by atoms with Gasteiger partial charge in [-0.3, -0.25) is 0 Å². The lowest BCUT2D eigenvalue weighted by molar-refractivity contribution is 0.810. The van der Waals surface area contributed by atoms with Crippen LogP contribution in [0.2, 0.25) is 0 Å². The summed E-state index contributed by atoms with van der Waals surface area (Å²) in [5, 5.41) is 4.59. The van der Waals surface area contributed by atoms with Gasteiger partial charge in [-0.1, -0.05) is 13.0 Å². The van der Waals surface area contributed by atoms with Crippen LogP contribution in [0.25, 0.3) is 5.69 Å². The number of nitrogens with zero attached hydrogens (tertiary/aromatic N) is 2. The molecule has 0 radical (unpaired) electrons. The molecule has 1 aromatic carbocycles. The third kappa shape index (κ3) is 2.73. The summed E-state index contributed by atoms with van der Waals surface area (Å²) in [4.78, 5) is 1.24. The van der Waals surface area contributed by atoms with Crippen molar-refractivity contribution in [3.63, 3.8) is 0 Å². The van der Waals surface area contributed by atoms with Crippen molar-refractivity contribution in [2.24, 2.45) is 5.73 Å². The van der Waals surface area contributed by atoms with Gasteiger partial charge < -0.3 is 5.73 Å². The summed E-state index contributed by atoms with van der Waals surface area (Å²) >= 11 is 5.39. The molecule has 2 rings (SSSR count). The molecule has 1 aromatic heterocycles. The number of thioether (sulfide) groups is 1. The Morgan fingerprint density at radius 2 is 2.11 bits per heavy atom. The topological polar surface area (TPSA) is 43.8 Å². The highest BCUT2D eigenvalue weighted by molar-refractivity contribution is 9.10. The van der Waals surface area contributed by atoms with E-state index in [4.69, 9.17) is 5.73 Å². The molecule has 5 heteroatoms. The van der Waals surface area contributed by atoms with Gasteiger partial charge in [0.1, 0.15) is 0 Å². The Bertz CT molecular complexity index is 593. The number of hydrogen-bond donors (Lipinski definition) is 1. The van der Waals surface area contributed by atoms with Crippen LogP contribution in [-0.2, 0) is 6.54 Å². The Morgan fingerprint density at radius 1 is 1.37 bits per heavy atom. The van der Waals surface area contributed by atoms with Crippen LogP contribution < -0.4 is 5.73 Å². The van der Waals surface area contributed by atoms with Gasteiger partial charge in [0.25, 0.3) is 0 Å². The average molecular weight is 340 g/mol. The van der Waals surface area contributed by atoms with Gasteiger partial charge in [0.05, 0.1) is 21.5 Å². The molecule has 0 aliphatic heterocycles. The van der Waals surface area contributed by atoms with Crippen LogP contribution >= 0.6 is 27.7 Å². The molecule has 1 heterocycles. The van der Waals surface area contributed by atoms with Crippen molar-refractivity contribution in [1.82, 2.24) is 9.78 Å². The van der Waals surface area contributed by atoms with E-state index in [9.17, 15) is 0 Å². The molecular weight excluding hydrogens is 322 g/mol. The lowest BCUT2D eigenvalue weighted by atomic mass is 10.1. The van der Waals surface area contributed by atoms with Gasteiger partial charge in [0, 0.05) is 17.0 Å². The predicted molar refractivity (Wildman–Crippen MR) is 85.0 cm³/mol.